The molecule has 25 heavy (non-hydrogen) atoms. The van der Waals surface area contributed by atoms with Crippen molar-refractivity contribution in [1.29, 1.82) is 0 Å². The first-order valence-corrected chi connectivity index (χ1v) is 10.0. The van der Waals surface area contributed by atoms with Gasteiger partial charge < -0.3 is 10.6 Å². The standard InChI is InChI=1S/C22H36N2O/c1-5-14-23-21(15-18-9-7-6-8-17(18)2)19-10-12-22(3,4)13-11-20(19)24-16-25/h10-13,16-18,21,23H,5-9,14-15H2,1-4H3,(H,24,25)/t17-,18?,21?/m1/s1. The van der Waals surface area contributed by atoms with E-state index in [1.165, 1.54) is 31.3 Å². The molecule has 0 bridgehead atoms. The van der Waals surface area contributed by atoms with Gasteiger partial charge in [-0.15, -0.1) is 0 Å². The summed E-state index contributed by atoms with van der Waals surface area (Å²) in [6.07, 6.45) is 17.2. The van der Waals surface area contributed by atoms with E-state index in [-0.39, 0.29) is 5.41 Å². The van der Waals surface area contributed by atoms with Gasteiger partial charge in [0, 0.05) is 17.2 Å². The molecular formula is C22H36N2O. The molecule has 0 saturated heterocycles. The Hall–Kier alpha value is -1.35. The summed E-state index contributed by atoms with van der Waals surface area (Å²) in [7, 11) is 0. The molecule has 0 heterocycles. The zero-order chi connectivity index (χ0) is 18.3. The van der Waals surface area contributed by atoms with E-state index in [0.717, 1.165) is 43.3 Å². The van der Waals surface area contributed by atoms with E-state index in [0.29, 0.717) is 6.04 Å². The minimum Gasteiger partial charge on any atom is -0.328 e. The first-order chi connectivity index (χ1) is 12.0. The van der Waals surface area contributed by atoms with Gasteiger partial charge in [-0.1, -0.05) is 71.6 Å². The molecule has 0 aromatic carbocycles. The molecule has 3 atom stereocenters. The van der Waals surface area contributed by atoms with Crippen LogP contribution in [0.15, 0.2) is 35.6 Å². The first-order valence-electron chi connectivity index (χ1n) is 10.0. The van der Waals surface area contributed by atoms with Gasteiger partial charge in [-0.2, -0.15) is 0 Å². The summed E-state index contributed by atoms with van der Waals surface area (Å²) in [5, 5.41) is 6.69. The van der Waals surface area contributed by atoms with E-state index in [2.05, 4.69) is 62.6 Å². The fourth-order valence-corrected chi connectivity index (χ4v) is 4.03. The molecule has 0 radical (unpaired) electrons. The van der Waals surface area contributed by atoms with E-state index < -0.39 is 0 Å². The van der Waals surface area contributed by atoms with E-state index >= 15 is 0 Å². The molecule has 0 spiro atoms. The summed E-state index contributed by atoms with van der Waals surface area (Å²) >= 11 is 0. The smallest absolute Gasteiger partial charge is 0.211 e. The van der Waals surface area contributed by atoms with Gasteiger partial charge in [0.2, 0.25) is 6.41 Å². The van der Waals surface area contributed by atoms with Crippen molar-refractivity contribution in [2.75, 3.05) is 6.54 Å². The minimum absolute atomic E-state index is 0.00496. The zero-order valence-electron chi connectivity index (χ0n) is 16.5. The highest BCUT2D eigenvalue weighted by Gasteiger charge is 2.27. The van der Waals surface area contributed by atoms with Gasteiger partial charge in [0.05, 0.1) is 0 Å². The second kappa shape index (κ2) is 9.38. The maximum atomic E-state index is 11.1. The molecule has 3 nitrogen and oxygen atoms in total. The normalized spacial score (nSPS) is 27.0. The average molecular weight is 345 g/mol. The van der Waals surface area contributed by atoms with Crippen molar-refractivity contribution in [2.24, 2.45) is 17.3 Å². The van der Waals surface area contributed by atoms with Crippen LogP contribution in [0.2, 0.25) is 0 Å². The molecule has 0 aliphatic heterocycles. The largest absolute Gasteiger partial charge is 0.328 e. The first kappa shape index (κ1) is 20.0. The Balaban J connectivity index is 2.28. The Bertz CT molecular complexity index is 530. The van der Waals surface area contributed by atoms with Crippen molar-refractivity contribution >= 4 is 6.41 Å². The van der Waals surface area contributed by atoms with Crippen LogP contribution in [0.25, 0.3) is 0 Å². The highest BCUT2D eigenvalue weighted by atomic mass is 16.1. The van der Waals surface area contributed by atoms with Crippen LogP contribution in [0.3, 0.4) is 0 Å². The summed E-state index contributed by atoms with van der Waals surface area (Å²) in [5.41, 5.74) is 2.17. The van der Waals surface area contributed by atoms with Gasteiger partial charge in [-0.25, -0.2) is 0 Å². The number of amides is 1. The summed E-state index contributed by atoms with van der Waals surface area (Å²) < 4.78 is 0. The highest BCUT2D eigenvalue weighted by molar-refractivity contribution is 5.55. The number of allylic oxidation sites excluding steroid dienone is 3. The van der Waals surface area contributed by atoms with Crippen molar-refractivity contribution in [3.8, 4) is 0 Å². The Morgan fingerprint density at radius 1 is 1.24 bits per heavy atom. The van der Waals surface area contributed by atoms with Crippen molar-refractivity contribution in [3.05, 3.63) is 35.6 Å². The van der Waals surface area contributed by atoms with Gasteiger partial charge in [0.15, 0.2) is 0 Å². The number of rotatable bonds is 8. The quantitative estimate of drug-likeness (QED) is 0.625. The maximum absolute atomic E-state index is 11.1. The minimum atomic E-state index is 0.00496. The van der Waals surface area contributed by atoms with Gasteiger partial charge in [-0.05, 0) is 42.9 Å². The molecule has 3 heteroatoms. The van der Waals surface area contributed by atoms with E-state index in [4.69, 9.17) is 0 Å². The van der Waals surface area contributed by atoms with Crippen LogP contribution in [0.4, 0.5) is 0 Å². The molecule has 2 aliphatic rings. The fourth-order valence-electron chi connectivity index (χ4n) is 4.03. The number of nitrogens with one attached hydrogen (secondary N) is 2. The predicted molar refractivity (Wildman–Crippen MR) is 106 cm³/mol. The van der Waals surface area contributed by atoms with E-state index in [1.807, 2.05) is 0 Å². The second-order valence-electron chi connectivity index (χ2n) is 8.38. The molecule has 1 saturated carbocycles. The summed E-state index contributed by atoms with van der Waals surface area (Å²) in [6.45, 7) is 10.0. The van der Waals surface area contributed by atoms with Crippen LogP contribution in [-0.2, 0) is 4.79 Å². The lowest BCUT2D eigenvalue weighted by atomic mass is 9.76. The van der Waals surface area contributed by atoms with Gasteiger partial charge >= 0.3 is 0 Å². The predicted octanol–water partition coefficient (Wildman–Crippen LogP) is 4.72. The van der Waals surface area contributed by atoms with E-state index in [1.54, 1.807) is 0 Å². The lowest BCUT2D eigenvalue weighted by Crippen LogP contribution is -2.36. The molecule has 2 N–H and O–H groups in total. The molecule has 0 aromatic heterocycles. The lowest BCUT2D eigenvalue weighted by molar-refractivity contribution is -0.108. The van der Waals surface area contributed by atoms with Gasteiger partial charge in [0.1, 0.15) is 0 Å². The molecule has 1 fully saturated rings. The third-order valence-electron chi connectivity index (χ3n) is 5.74. The van der Waals surface area contributed by atoms with Gasteiger partial charge in [-0.3, -0.25) is 4.79 Å². The lowest BCUT2D eigenvalue weighted by Gasteiger charge is -2.33. The molecular weight excluding hydrogens is 308 g/mol. The Kier molecular flexibility index (Phi) is 7.49. The number of carbonyl (C=O) groups is 1. The van der Waals surface area contributed by atoms with Crippen LogP contribution in [0.1, 0.15) is 66.2 Å². The third-order valence-corrected chi connectivity index (χ3v) is 5.74. The molecule has 1 amide bonds. The maximum Gasteiger partial charge on any atom is 0.211 e. The average Bonchev–Trinajstić information content (AvgIpc) is 2.73. The molecule has 140 valence electrons. The van der Waals surface area contributed by atoms with Crippen molar-refractivity contribution in [2.45, 2.75) is 72.3 Å². The molecule has 2 aliphatic carbocycles. The zero-order valence-corrected chi connectivity index (χ0v) is 16.5. The number of carbonyl (C=O) groups excluding carboxylic acids is 1. The second-order valence-corrected chi connectivity index (χ2v) is 8.38. The van der Waals surface area contributed by atoms with Crippen molar-refractivity contribution in [1.82, 2.24) is 10.6 Å². The topological polar surface area (TPSA) is 41.1 Å². The van der Waals surface area contributed by atoms with Crippen LogP contribution in [0.5, 0.6) is 0 Å². The molecule has 2 unspecified atom stereocenters. The van der Waals surface area contributed by atoms with Crippen molar-refractivity contribution in [3.63, 3.8) is 0 Å². The highest BCUT2D eigenvalue weighted by Crippen LogP contribution is 2.35. The van der Waals surface area contributed by atoms with Gasteiger partial charge in [0.25, 0.3) is 0 Å². The molecule has 2 rings (SSSR count). The number of hydrogen-bond donors (Lipinski definition) is 2. The Morgan fingerprint density at radius 2 is 1.96 bits per heavy atom. The van der Waals surface area contributed by atoms with Crippen LogP contribution >= 0.6 is 0 Å². The Morgan fingerprint density at radius 3 is 2.64 bits per heavy atom. The van der Waals surface area contributed by atoms with Crippen LogP contribution < -0.4 is 10.6 Å². The third kappa shape index (κ3) is 5.85. The monoisotopic (exact) mass is 344 g/mol. The number of hydrogen-bond acceptors (Lipinski definition) is 2. The van der Waals surface area contributed by atoms with Crippen LogP contribution in [-0.4, -0.2) is 19.0 Å². The summed E-state index contributed by atoms with van der Waals surface area (Å²) in [6, 6.07) is 0.294. The van der Waals surface area contributed by atoms with Crippen molar-refractivity contribution < 1.29 is 4.79 Å². The summed E-state index contributed by atoms with van der Waals surface area (Å²) in [5.74, 6) is 1.56. The fraction of sp³-hybridized carbons (Fsp3) is 0.682. The van der Waals surface area contributed by atoms with Crippen LogP contribution in [0, 0.1) is 17.3 Å². The molecule has 0 aromatic rings. The Labute approximate surface area is 154 Å². The summed E-state index contributed by atoms with van der Waals surface area (Å²) in [4.78, 5) is 11.1. The SMILES string of the molecule is CCCNC(CC1CCCC[C@H]1C)C1=C(NC=O)C=CC(C)(C)C=C1. The van der Waals surface area contributed by atoms with E-state index in [9.17, 15) is 4.79 Å².